The summed E-state index contributed by atoms with van der Waals surface area (Å²) in [6, 6.07) is 0.409. The van der Waals surface area contributed by atoms with Gasteiger partial charge in [0, 0.05) is 6.04 Å². The van der Waals surface area contributed by atoms with E-state index in [-0.39, 0.29) is 5.25 Å². The summed E-state index contributed by atoms with van der Waals surface area (Å²) in [6.07, 6.45) is 4.38. The van der Waals surface area contributed by atoms with Gasteiger partial charge in [0.15, 0.2) is 9.84 Å². The Kier molecular flexibility index (Phi) is 5.25. The lowest BCUT2D eigenvalue weighted by molar-refractivity contribution is 0.290. The smallest absolute Gasteiger partial charge is 0.152 e. The molecule has 4 heteroatoms. The molecule has 1 heterocycles. The van der Waals surface area contributed by atoms with E-state index in [1.54, 1.807) is 13.8 Å². The largest absolute Gasteiger partial charge is 0.314 e. The molecular formula is C12H25NO2S. The van der Waals surface area contributed by atoms with Crippen LogP contribution < -0.4 is 5.32 Å². The highest BCUT2D eigenvalue weighted by molar-refractivity contribution is 7.91. The Hall–Kier alpha value is -0.0900. The van der Waals surface area contributed by atoms with Crippen LogP contribution in [0.2, 0.25) is 0 Å². The molecule has 1 rings (SSSR count). The topological polar surface area (TPSA) is 46.2 Å². The summed E-state index contributed by atoms with van der Waals surface area (Å²) in [7, 11) is -2.86. The van der Waals surface area contributed by atoms with Crippen molar-refractivity contribution in [2.75, 3.05) is 12.3 Å². The van der Waals surface area contributed by atoms with Crippen LogP contribution in [-0.2, 0) is 9.84 Å². The number of hydrogen-bond acceptors (Lipinski definition) is 3. The molecule has 1 fully saturated rings. The number of piperidine rings is 1. The third-order valence-electron chi connectivity index (χ3n) is 3.65. The summed E-state index contributed by atoms with van der Waals surface area (Å²) in [5, 5.41) is 3.19. The van der Waals surface area contributed by atoms with Crippen LogP contribution in [0.4, 0.5) is 0 Å². The molecule has 16 heavy (non-hydrogen) atoms. The van der Waals surface area contributed by atoms with Crippen LogP contribution in [-0.4, -0.2) is 32.0 Å². The lowest BCUT2D eigenvalue weighted by atomic mass is 9.89. The molecule has 3 nitrogen and oxygen atoms in total. The first-order chi connectivity index (χ1) is 7.45. The standard InChI is InChI=1S/C12H25NO2S/c1-4-11-5-7-13-12(9-11)6-8-16(14,15)10(2)3/h10-13H,4-9H2,1-3H3. The van der Waals surface area contributed by atoms with Crippen molar-refractivity contribution in [1.29, 1.82) is 0 Å². The SMILES string of the molecule is CCC1CCNC(CCS(=O)(=O)C(C)C)C1. The minimum Gasteiger partial charge on any atom is -0.314 e. The molecule has 1 N–H and O–H groups in total. The Labute approximate surface area is 99.9 Å². The fourth-order valence-electron chi connectivity index (χ4n) is 2.23. The van der Waals surface area contributed by atoms with Gasteiger partial charge in [-0.2, -0.15) is 0 Å². The molecule has 0 aromatic carbocycles. The third kappa shape index (κ3) is 4.06. The van der Waals surface area contributed by atoms with Crippen LogP contribution in [0.5, 0.6) is 0 Å². The number of nitrogens with one attached hydrogen (secondary N) is 1. The quantitative estimate of drug-likeness (QED) is 0.808. The van der Waals surface area contributed by atoms with Crippen LogP contribution in [0, 0.1) is 5.92 Å². The maximum Gasteiger partial charge on any atom is 0.152 e. The van der Waals surface area contributed by atoms with E-state index in [0.29, 0.717) is 11.8 Å². The molecule has 96 valence electrons. The van der Waals surface area contributed by atoms with Crippen molar-refractivity contribution in [3.8, 4) is 0 Å². The molecule has 0 bridgehead atoms. The molecule has 0 aliphatic carbocycles. The average molecular weight is 247 g/mol. The Morgan fingerprint density at radius 1 is 1.38 bits per heavy atom. The van der Waals surface area contributed by atoms with Gasteiger partial charge in [0.25, 0.3) is 0 Å². The second-order valence-electron chi connectivity index (χ2n) is 5.15. The van der Waals surface area contributed by atoms with Crippen LogP contribution >= 0.6 is 0 Å². The van der Waals surface area contributed by atoms with Gasteiger partial charge in [-0.15, -0.1) is 0 Å². The third-order valence-corrected chi connectivity index (χ3v) is 5.89. The highest BCUT2D eigenvalue weighted by atomic mass is 32.2. The van der Waals surface area contributed by atoms with Crippen molar-refractivity contribution >= 4 is 9.84 Å². The van der Waals surface area contributed by atoms with E-state index in [1.807, 2.05) is 0 Å². The maximum absolute atomic E-state index is 11.7. The van der Waals surface area contributed by atoms with E-state index >= 15 is 0 Å². The van der Waals surface area contributed by atoms with Gasteiger partial charge in [-0.25, -0.2) is 8.42 Å². The molecule has 0 radical (unpaired) electrons. The molecule has 0 amide bonds. The van der Waals surface area contributed by atoms with Gasteiger partial charge in [0.1, 0.15) is 0 Å². The summed E-state index contributed by atoms with van der Waals surface area (Å²) in [5.41, 5.74) is 0. The fourth-order valence-corrected chi connectivity index (χ4v) is 3.31. The van der Waals surface area contributed by atoms with Gasteiger partial charge in [-0.3, -0.25) is 0 Å². The fraction of sp³-hybridized carbons (Fsp3) is 1.00. The molecule has 2 atom stereocenters. The summed E-state index contributed by atoms with van der Waals surface area (Å²) < 4.78 is 23.4. The summed E-state index contributed by atoms with van der Waals surface area (Å²) >= 11 is 0. The first-order valence-corrected chi connectivity index (χ1v) is 8.12. The van der Waals surface area contributed by atoms with E-state index in [4.69, 9.17) is 0 Å². The van der Waals surface area contributed by atoms with Gasteiger partial charge in [0.05, 0.1) is 11.0 Å². The Morgan fingerprint density at radius 2 is 2.06 bits per heavy atom. The van der Waals surface area contributed by atoms with Gasteiger partial charge in [-0.1, -0.05) is 13.3 Å². The first kappa shape index (κ1) is 14.0. The van der Waals surface area contributed by atoms with Gasteiger partial charge < -0.3 is 5.32 Å². The second-order valence-corrected chi connectivity index (χ2v) is 7.83. The highest BCUT2D eigenvalue weighted by Gasteiger charge is 2.23. The van der Waals surface area contributed by atoms with Crippen molar-refractivity contribution in [1.82, 2.24) is 5.32 Å². The van der Waals surface area contributed by atoms with Crippen LogP contribution in [0.25, 0.3) is 0 Å². The maximum atomic E-state index is 11.7. The van der Waals surface area contributed by atoms with Crippen molar-refractivity contribution in [3.63, 3.8) is 0 Å². The van der Waals surface area contributed by atoms with E-state index in [0.717, 1.165) is 25.3 Å². The zero-order valence-corrected chi connectivity index (χ0v) is 11.5. The highest BCUT2D eigenvalue weighted by Crippen LogP contribution is 2.21. The van der Waals surface area contributed by atoms with Crippen molar-refractivity contribution in [3.05, 3.63) is 0 Å². The van der Waals surface area contributed by atoms with Gasteiger partial charge >= 0.3 is 0 Å². The van der Waals surface area contributed by atoms with Crippen LogP contribution in [0.3, 0.4) is 0 Å². The molecule has 0 aromatic heterocycles. The Balaban J connectivity index is 2.38. The number of rotatable bonds is 5. The normalized spacial score (nSPS) is 27.2. The zero-order chi connectivity index (χ0) is 12.2. The van der Waals surface area contributed by atoms with Gasteiger partial charge in [-0.05, 0) is 45.6 Å². The van der Waals surface area contributed by atoms with Crippen molar-refractivity contribution in [2.45, 2.75) is 57.7 Å². The van der Waals surface area contributed by atoms with E-state index in [9.17, 15) is 8.42 Å². The van der Waals surface area contributed by atoms with E-state index in [2.05, 4.69) is 12.2 Å². The van der Waals surface area contributed by atoms with Crippen molar-refractivity contribution in [2.24, 2.45) is 5.92 Å². The minimum absolute atomic E-state index is 0.238. The summed E-state index contributed by atoms with van der Waals surface area (Å²) in [5.74, 6) is 1.12. The zero-order valence-electron chi connectivity index (χ0n) is 10.7. The molecule has 1 saturated heterocycles. The average Bonchev–Trinajstić information content (AvgIpc) is 2.26. The predicted molar refractivity (Wildman–Crippen MR) is 68.3 cm³/mol. The summed E-state index contributed by atoms with van der Waals surface area (Å²) in [6.45, 7) is 6.79. The second kappa shape index (κ2) is 6.01. The first-order valence-electron chi connectivity index (χ1n) is 6.40. The van der Waals surface area contributed by atoms with E-state index < -0.39 is 9.84 Å². The molecular weight excluding hydrogens is 222 g/mol. The molecule has 0 saturated carbocycles. The molecule has 1 aliphatic rings. The molecule has 0 aromatic rings. The molecule has 1 aliphatic heterocycles. The monoisotopic (exact) mass is 247 g/mol. The molecule has 2 unspecified atom stereocenters. The van der Waals surface area contributed by atoms with Crippen LogP contribution in [0.15, 0.2) is 0 Å². The van der Waals surface area contributed by atoms with Crippen molar-refractivity contribution < 1.29 is 8.42 Å². The van der Waals surface area contributed by atoms with Gasteiger partial charge in [0.2, 0.25) is 0 Å². The Morgan fingerprint density at radius 3 is 2.62 bits per heavy atom. The Bertz CT molecular complexity index is 298. The van der Waals surface area contributed by atoms with E-state index in [1.165, 1.54) is 12.8 Å². The van der Waals surface area contributed by atoms with Crippen LogP contribution in [0.1, 0.15) is 46.5 Å². The minimum atomic E-state index is -2.86. The molecule has 0 spiro atoms. The summed E-state index contributed by atoms with van der Waals surface area (Å²) in [4.78, 5) is 0. The lowest BCUT2D eigenvalue weighted by Crippen LogP contribution is -2.39. The number of sulfone groups is 1. The lowest BCUT2D eigenvalue weighted by Gasteiger charge is -2.29. The predicted octanol–water partition coefficient (Wildman–Crippen LogP) is 1.98. The number of hydrogen-bond donors (Lipinski definition) is 1.